The molecular formula is C9H14N2O. The van der Waals surface area contributed by atoms with E-state index in [-0.39, 0.29) is 5.91 Å². The molecule has 3 nitrogen and oxygen atoms in total. The zero-order valence-electron chi connectivity index (χ0n) is 7.63. The van der Waals surface area contributed by atoms with E-state index in [0.29, 0.717) is 18.5 Å². The third-order valence-electron chi connectivity index (χ3n) is 1.49. The number of hydrogen-bond acceptors (Lipinski definition) is 2. The Morgan fingerprint density at radius 3 is 2.67 bits per heavy atom. The van der Waals surface area contributed by atoms with E-state index in [1.807, 2.05) is 6.07 Å². The highest BCUT2D eigenvalue weighted by molar-refractivity contribution is 5.91. The van der Waals surface area contributed by atoms with Crippen molar-refractivity contribution in [3.8, 4) is 6.07 Å². The predicted octanol–water partition coefficient (Wildman–Crippen LogP) is 1.32. The molecule has 1 amide bonds. The normalized spacial score (nSPS) is 8.75. The van der Waals surface area contributed by atoms with Crippen molar-refractivity contribution in [3.63, 3.8) is 0 Å². The number of unbranched alkanes of at least 4 members (excludes halogenated alkanes) is 1. The summed E-state index contributed by atoms with van der Waals surface area (Å²) in [5, 5.41) is 8.26. The summed E-state index contributed by atoms with van der Waals surface area (Å²) in [7, 11) is 1.72. The van der Waals surface area contributed by atoms with Gasteiger partial charge in [-0.1, -0.05) is 6.58 Å². The summed E-state index contributed by atoms with van der Waals surface area (Å²) in [6.07, 6.45) is 1.22. The second-order valence-corrected chi connectivity index (χ2v) is 2.77. The Morgan fingerprint density at radius 1 is 1.67 bits per heavy atom. The number of likely N-dealkylation sites (N-methyl/N-ethyl adjacent to an activating group) is 1. The molecule has 0 bridgehead atoms. The average molecular weight is 166 g/mol. The van der Waals surface area contributed by atoms with Gasteiger partial charge in [0.15, 0.2) is 0 Å². The lowest BCUT2D eigenvalue weighted by Gasteiger charge is -2.15. The number of nitrogens with zero attached hydrogens (tertiary/aromatic N) is 2. The number of hydrogen-bond donors (Lipinski definition) is 0. The molecule has 0 radical (unpaired) electrons. The van der Waals surface area contributed by atoms with Crippen LogP contribution < -0.4 is 0 Å². The number of rotatable bonds is 4. The molecule has 0 unspecified atom stereocenters. The lowest BCUT2D eigenvalue weighted by Crippen LogP contribution is -2.27. The quantitative estimate of drug-likeness (QED) is 0.467. The second-order valence-electron chi connectivity index (χ2n) is 2.77. The Morgan fingerprint density at radius 2 is 2.25 bits per heavy atom. The topological polar surface area (TPSA) is 44.1 Å². The van der Waals surface area contributed by atoms with E-state index in [1.54, 1.807) is 18.9 Å². The molecule has 0 aromatic rings. The number of nitriles is 1. The van der Waals surface area contributed by atoms with Crippen molar-refractivity contribution < 1.29 is 4.79 Å². The Kier molecular flexibility index (Phi) is 4.78. The van der Waals surface area contributed by atoms with Crippen molar-refractivity contribution in [2.45, 2.75) is 19.8 Å². The summed E-state index contributed by atoms with van der Waals surface area (Å²) in [6.45, 7) is 5.86. The molecule has 0 atom stereocenters. The van der Waals surface area contributed by atoms with Crippen LogP contribution in [0.3, 0.4) is 0 Å². The fourth-order valence-electron chi connectivity index (χ4n) is 0.823. The number of carbonyl (C=O) groups is 1. The van der Waals surface area contributed by atoms with E-state index in [9.17, 15) is 4.79 Å². The van der Waals surface area contributed by atoms with Crippen LogP contribution in [-0.2, 0) is 4.79 Å². The molecule has 0 rings (SSSR count). The van der Waals surface area contributed by atoms with Crippen LogP contribution >= 0.6 is 0 Å². The van der Waals surface area contributed by atoms with Crippen LogP contribution in [0.5, 0.6) is 0 Å². The van der Waals surface area contributed by atoms with E-state index in [0.717, 1.165) is 6.42 Å². The molecule has 12 heavy (non-hydrogen) atoms. The summed E-state index contributed by atoms with van der Waals surface area (Å²) in [4.78, 5) is 12.8. The Bertz CT molecular complexity index is 215. The summed E-state index contributed by atoms with van der Waals surface area (Å²) >= 11 is 0. The van der Waals surface area contributed by atoms with E-state index in [4.69, 9.17) is 5.26 Å². The summed E-state index contributed by atoms with van der Waals surface area (Å²) < 4.78 is 0. The fourth-order valence-corrected chi connectivity index (χ4v) is 0.823. The molecular weight excluding hydrogens is 152 g/mol. The van der Waals surface area contributed by atoms with Crippen molar-refractivity contribution in [2.75, 3.05) is 13.6 Å². The minimum atomic E-state index is -0.0482. The van der Waals surface area contributed by atoms with Crippen molar-refractivity contribution in [1.82, 2.24) is 4.90 Å². The first-order chi connectivity index (χ1) is 5.59. The molecule has 0 aliphatic rings. The van der Waals surface area contributed by atoms with Crippen LogP contribution in [-0.4, -0.2) is 24.4 Å². The maximum absolute atomic E-state index is 11.2. The molecule has 0 N–H and O–H groups in total. The van der Waals surface area contributed by atoms with Crippen LogP contribution in [0.2, 0.25) is 0 Å². The minimum absolute atomic E-state index is 0.0482. The predicted molar refractivity (Wildman–Crippen MR) is 47.3 cm³/mol. The van der Waals surface area contributed by atoms with Crippen molar-refractivity contribution >= 4 is 5.91 Å². The van der Waals surface area contributed by atoms with Crippen LogP contribution in [0.1, 0.15) is 19.8 Å². The second kappa shape index (κ2) is 5.36. The van der Waals surface area contributed by atoms with Crippen molar-refractivity contribution in [1.29, 1.82) is 5.26 Å². The average Bonchev–Trinajstić information content (AvgIpc) is 2.03. The molecule has 0 spiro atoms. The summed E-state index contributed by atoms with van der Waals surface area (Å²) in [5.74, 6) is -0.0482. The van der Waals surface area contributed by atoms with Crippen LogP contribution in [0.4, 0.5) is 0 Å². The lowest BCUT2D eigenvalue weighted by molar-refractivity contribution is -0.125. The molecule has 0 fully saturated rings. The van der Waals surface area contributed by atoms with E-state index >= 15 is 0 Å². The van der Waals surface area contributed by atoms with Gasteiger partial charge in [0.25, 0.3) is 0 Å². The van der Waals surface area contributed by atoms with Crippen LogP contribution in [0.25, 0.3) is 0 Å². The van der Waals surface area contributed by atoms with Gasteiger partial charge in [0.1, 0.15) is 0 Å². The zero-order chi connectivity index (χ0) is 9.56. The largest absolute Gasteiger partial charge is 0.342 e. The molecule has 0 aliphatic heterocycles. The van der Waals surface area contributed by atoms with E-state index < -0.39 is 0 Å². The van der Waals surface area contributed by atoms with E-state index in [1.165, 1.54) is 0 Å². The van der Waals surface area contributed by atoms with Gasteiger partial charge in [0.2, 0.25) is 5.91 Å². The minimum Gasteiger partial charge on any atom is -0.342 e. The van der Waals surface area contributed by atoms with Crippen LogP contribution in [0.15, 0.2) is 12.2 Å². The molecule has 0 saturated heterocycles. The maximum Gasteiger partial charge on any atom is 0.248 e. The first-order valence-corrected chi connectivity index (χ1v) is 3.87. The van der Waals surface area contributed by atoms with E-state index in [2.05, 4.69) is 6.58 Å². The zero-order valence-corrected chi connectivity index (χ0v) is 7.63. The van der Waals surface area contributed by atoms with Gasteiger partial charge in [-0.15, -0.1) is 0 Å². The molecule has 0 aliphatic carbocycles. The molecule has 0 heterocycles. The SMILES string of the molecule is C=C(C)C(=O)N(C)CCCC#N. The molecule has 66 valence electrons. The van der Waals surface area contributed by atoms with Gasteiger partial charge in [-0.3, -0.25) is 4.79 Å². The molecule has 0 aromatic heterocycles. The Labute approximate surface area is 73.3 Å². The van der Waals surface area contributed by atoms with Crippen molar-refractivity contribution in [2.24, 2.45) is 0 Å². The Hall–Kier alpha value is -1.30. The first-order valence-electron chi connectivity index (χ1n) is 3.87. The summed E-state index contributed by atoms with van der Waals surface area (Å²) in [5.41, 5.74) is 0.537. The molecule has 3 heteroatoms. The smallest absolute Gasteiger partial charge is 0.248 e. The van der Waals surface area contributed by atoms with Gasteiger partial charge in [-0.25, -0.2) is 0 Å². The highest BCUT2D eigenvalue weighted by atomic mass is 16.2. The van der Waals surface area contributed by atoms with Gasteiger partial charge < -0.3 is 4.90 Å². The van der Waals surface area contributed by atoms with Gasteiger partial charge in [0, 0.05) is 25.6 Å². The fraction of sp³-hybridized carbons (Fsp3) is 0.556. The van der Waals surface area contributed by atoms with Gasteiger partial charge in [-0.05, 0) is 13.3 Å². The lowest BCUT2D eigenvalue weighted by atomic mass is 10.2. The monoisotopic (exact) mass is 166 g/mol. The highest BCUT2D eigenvalue weighted by Gasteiger charge is 2.07. The highest BCUT2D eigenvalue weighted by Crippen LogP contribution is 1.98. The van der Waals surface area contributed by atoms with Gasteiger partial charge in [-0.2, -0.15) is 5.26 Å². The Balaban J connectivity index is 3.73. The maximum atomic E-state index is 11.2. The number of carbonyl (C=O) groups excluding carboxylic acids is 1. The van der Waals surface area contributed by atoms with Gasteiger partial charge in [0.05, 0.1) is 6.07 Å². The summed E-state index contributed by atoms with van der Waals surface area (Å²) in [6, 6.07) is 2.03. The first kappa shape index (κ1) is 10.7. The molecule has 0 saturated carbocycles. The van der Waals surface area contributed by atoms with Crippen molar-refractivity contribution in [3.05, 3.63) is 12.2 Å². The molecule has 0 aromatic carbocycles. The third-order valence-corrected chi connectivity index (χ3v) is 1.49. The third kappa shape index (κ3) is 3.77. The van der Waals surface area contributed by atoms with Gasteiger partial charge >= 0.3 is 0 Å². The number of amides is 1. The van der Waals surface area contributed by atoms with Crippen LogP contribution in [0, 0.1) is 11.3 Å². The standard InChI is InChI=1S/C9H14N2O/c1-8(2)9(12)11(3)7-5-4-6-10/h1,4-5,7H2,2-3H3.